The zero-order valence-electron chi connectivity index (χ0n) is 10.1. The molecule has 1 aliphatic carbocycles. The van der Waals surface area contributed by atoms with Crippen LogP contribution in [0.2, 0.25) is 0 Å². The molecule has 1 saturated carbocycles. The van der Waals surface area contributed by atoms with Gasteiger partial charge in [-0.1, -0.05) is 0 Å². The molecule has 5 heteroatoms. The van der Waals surface area contributed by atoms with Crippen LogP contribution in [-0.4, -0.2) is 25.1 Å². The van der Waals surface area contributed by atoms with E-state index in [0.717, 1.165) is 31.2 Å². The quantitative estimate of drug-likeness (QED) is 0.487. The molecule has 17 heavy (non-hydrogen) atoms. The van der Waals surface area contributed by atoms with Gasteiger partial charge in [-0.2, -0.15) is 0 Å². The Morgan fingerprint density at radius 2 is 2.35 bits per heavy atom. The van der Waals surface area contributed by atoms with Crippen molar-refractivity contribution in [1.29, 1.82) is 0 Å². The Bertz CT molecular complexity index is 334. The first kappa shape index (κ1) is 14.3. The summed E-state index contributed by atoms with van der Waals surface area (Å²) < 4.78 is 5.26. The number of furan rings is 1. The van der Waals surface area contributed by atoms with E-state index < -0.39 is 0 Å². The molecule has 4 nitrogen and oxygen atoms in total. The van der Waals surface area contributed by atoms with E-state index in [9.17, 15) is 0 Å². The molecule has 1 aromatic rings. The molecule has 0 bridgehead atoms. The monoisotopic (exact) mass is 349 g/mol. The van der Waals surface area contributed by atoms with E-state index in [2.05, 4.69) is 22.5 Å². The molecule has 1 aliphatic rings. The van der Waals surface area contributed by atoms with Gasteiger partial charge in [0.15, 0.2) is 5.96 Å². The number of halogens is 1. The number of guanidine groups is 1. The third kappa shape index (κ3) is 5.43. The van der Waals surface area contributed by atoms with E-state index in [1.807, 2.05) is 12.1 Å². The van der Waals surface area contributed by atoms with E-state index in [4.69, 9.17) is 4.42 Å². The van der Waals surface area contributed by atoms with Gasteiger partial charge in [0.25, 0.3) is 0 Å². The maximum Gasteiger partial charge on any atom is 0.191 e. The molecule has 2 rings (SSSR count). The minimum absolute atomic E-state index is 0. The number of rotatable bonds is 5. The lowest BCUT2D eigenvalue weighted by molar-refractivity contribution is 0.510. The third-order valence-corrected chi connectivity index (χ3v) is 2.47. The molecule has 0 saturated heterocycles. The minimum atomic E-state index is 0. The fourth-order valence-electron chi connectivity index (χ4n) is 1.47. The Labute approximate surface area is 119 Å². The maximum atomic E-state index is 5.26. The molecule has 0 amide bonds. The van der Waals surface area contributed by atoms with E-state index in [0.29, 0.717) is 6.04 Å². The SMILES string of the molecule is CCNC(=NCCc1ccco1)NC1CC1.I. The molecule has 0 atom stereocenters. The second-order valence-electron chi connectivity index (χ2n) is 4.01. The smallest absolute Gasteiger partial charge is 0.191 e. The molecule has 0 aliphatic heterocycles. The van der Waals surface area contributed by atoms with E-state index in [1.165, 1.54) is 12.8 Å². The predicted octanol–water partition coefficient (Wildman–Crippen LogP) is 2.16. The Kier molecular flexibility index (Phi) is 6.39. The zero-order valence-corrected chi connectivity index (χ0v) is 12.4. The highest BCUT2D eigenvalue weighted by molar-refractivity contribution is 14.0. The van der Waals surface area contributed by atoms with Crippen molar-refractivity contribution < 1.29 is 4.42 Å². The van der Waals surface area contributed by atoms with Gasteiger partial charge < -0.3 is 15.1 Å². The third-order valence-electron chi connectivity index (χ3n) is 2.47. The molecule has 1 aromatic heterocycles. The van der Waals surface area contributed by atoms with Crippen LogP contribution in [0.15, 0.2) is 27.8 Å². The second-order valence-corrected chi connectivity index (χ2v) is 4.01. The lowest BCUT2D eigenvalue weighted by Gasteiger charge is -2.09. The molecule has 0 unspecified atom stereocenters. The summed E-state index contributed by atoms with van der Waals surface area (Å²) in [6.07, 6.45) is 5.09. The van der Waals surface area contributed by atoms with Crippen molar-refractivity contribution in [3.63, 3.8) is 0 Å². The number of aliphatic imine (C=N–C) groups is 1. The van der Waals surface area contributed by atoms with Gasteiger partial charge in [-0.05, 0) is 31.9 Å². The first-order valence-electron chi connectivity index (χ1n) is 5.95. The fraction of sp³-hybridized carbons (Fsp3) is 0.583. The molecular weight excluding hydrogens is 329 g/mol. The summed E-state index contributed by atoms with van der Waals surface area (Å²) in [7, 11) is 0. The summed E-state index contributed by atoms with van der Waals surface area (Å²) in [4.78, 5) is 4.50. The van der Waals surface area contributed by atoms with Crippen molar-refractivity contribution in [1.82, 2.24) is 10.6 Å². The number of nitrogens with zero attached hydrogens (tertiary/aromatic N) is 1. The molecule has 2 N–H and O–H groups in total. The van der Waals surface area contributed by atoms with Gasteiger partial charge in [0.1, 0.15) is 5.76 Å². The van der Waals surface area contributed by atoms with Crippen LogP contribution in [-0.2, 0) is 6.42 Å². The van der Waals surface area contributed by atoms with Gasteiger partial charge in [-0.25, -0.2) is 0 Å². The fourth-order valence-corrected chi connectivity index (χ4v) is 1.47. The van der Waals surface area contributed by atoms with Gasteiger partial charge in [0.05, 0.1) is 6.26 Å². The summed E-state index contributed by atoms with van der Waals surface area (Å²) in [6.45, 7) is 3.74. The molecular formula is C12H20IN3O. The van der Waals surface area contributed by atoms with Gasteiger partial charge in [-0.3, -0.25) is 4.99 Å². The molecule has 0 spiro atoms. The number of hydrogen-bond donors (Lipinski definition) is 2. The van der Waals surface area contributed by atoms with Crippen LogP contribution in [0.1, 0.15) is 25.5 Å². The van der Waals surface area contributed by atoms with Crippen molar-refractivity contribution in [2.45, 2.75) is 32.2 Å². The molecule has 1 fully saturated rings. The summed E-state index contributed by atoms with van der Waals surface area (Å²) in [5, 5.41) is 6.62. The Morgan fingerprint density at radius 3 is 2.94 bits per heavy atom. The van der Waals surface area contributed by atoms with Crippen LogP contribution in [0, 0.1) is 0 Å². The van der Waals surface area contributed by atoms with Crippen molar-refractivity contribution in [2.75, 3.05) is 13.1 Å². The Hall–Kier alpha value is -0.720. The van der Waals surface area contributed by atoms with Gasteiger partial charge >= 0.3 is 0 Å². The van der Waals surface area contributed by atoms with Crippen LogP contribution in [0.25, 0.3) is 0 Å². The van der Waals surface area contributed by atoms with Crippen molar-refractivity contribution >= 4 is 29.9 Å². The minimum Gasteiger partial charge on any atom is -0.469 e. The molecule has 1 heterocycles. The van der Waals surface area contributed by atoms with Crippen LogP contribution in [0.3, 0.4) is 0 Å². The van der Waals surface area contributed by atoms with E-state index in [-0.39, 0.29) is 24.0 Å². The van der Waals surface area contributed by atoms with Crippen LogP contribution >= 0.6 is 24.0 Å². The standard InChI is InChI=1S/C12H19N3O.HI/c1-2-13-12(15-10-5-6-10)14-8-7-11-4-3-9-16-11;/h3-4,9-10H,2,5-8H2,1H3,(H2,13,14,15);1H. The highest BCUT2D eigenvalue weighted by Crippen LogP contribution is 2.18. The average Bonchev–Trinajstić information content (AvgIpc) is 2.93. The largest absolute Gasteiger partial charge is 0.469 e. The maximum absolute atomic E-state index is 5.26. The van der Waals surface area contributed by atoms with E-state index >= 15 is 0 Å². The van der Waals surface area contributed by atoms with Gasteiger partial charge in [0, 0.05) is 25.6 Å². The molecule has 96 valence electrons. The van der Waals surface area contributed by atoms with Gasteiger partial charge in [-0.15, -0.1) is 24.0 Å². The lowest BCUT2D eigenvalue weighted by Crippen LogP contribution is -2.38. The summed E-state index contributed by atoms with van der Waals surface area (Å²) in [5.74, 6) is 1.92. The highest BCUT2D eigenvalue weighted by Gasteiger charge is 2.21. The van der Waals surface area contributed by atoms with Crippen LogP contribution < -0.4 is 10.6 Å². The van der Waals surface area contributed by atoms with E-state index in [1.54, 1.807) is 6.26 Å². The molecule has 0 radical (unpaired) electrons. The summed E-state index contributed by atoms with van der Waals surface area (Å²) in [5.41, 5.74) is 0. The Morgan fingerprint density at radius 1 is 1.53 bits per heavy atom. The van der Waals surface area contributed by atoms with Crippen molar-refractivity contribution in [3.05, 3.63) is 24.2 Å². The second kappa shape index (κ2) is 7.58. The molecule has 0 aromatic carbocycles. The zero-order chi connectivity index (χ0) is 11.2. The lowest BCUT2D eigenvalue weighted by atomic mass is 10.3. The van der Waals surface area contributed by atoms with Crippen molar-refractivity contribution in [2.24, 2.45) is 4.99 Å². The van der Waals surface area contributed by atoms with Crippen LogP contribution in [0.4, 0.5) is 0 Å². The Balaban J connectivity index is 0.00000144. The highest BCUT2D eigenvalue weighted by atomic mass is 127. The topological polar surface area (TPSA) is 49.6 Å². The van der Waals surface area contributed by atoms with Gasteiger partial charge in [0.2, 0.25) is 0 Å². The first-order chi connectivity index (χ1) is 7.88. The summed E-state index contributed by atoms with van der Waals surface area (Å²) in [6, 6.07) is 4.53. The predicted molar refractivity (Wildman–Crippen MR) is 80.0 cm³/mol. The van der Waals surface area contributed by atoms with Crippen molar-refractivity contribution in [3.8, 4) is 0 Å². The number of hydrogen-bond acceptors (Lipinski definition) is 2. The average molecular weight is 349 g/mol. The normalized spacial score (nSPS) is 15.2. The number of nitrogens with one attached hydrogen (secondary N) is 2. The van der Waals surface area contributed by atoms with Crippen LogP contribution in [0.5, 0.6) is 0 Å². The summed E-state index contributed by atoms with van der Waals surface area (Å²) >= 11 is 0. The first-order valence-corrected chi connectivity index (χ1v) is 5.95.